The van der Waals surface area contributed by atoms with Crippen LogP contribution < -0.4 is 0 Å². The highest BCUT2D eigenvalue weighted by Crippen LogP contribution is 2.27. The smallest absolute Gasteiger partial charge is 0.306 e. The van der Waals surface area contributed by atoms with Crippen LogP contribution in [0.25, 0.3) is 11.5 Å². The number of hydrogen-bond donors (Lipinski definition) is 1. The van der Waals surface area contributed by atoms with Gasteiger partial charge in [0.25, 0.3) is 0 Å². The number of aryl methyl sites for hydroxylation is 1. The van der Waals surface area contributed by atoms with Gasteiger partial charge in [0.2, 0.25) is 0 Å². The summed E-state index contributed by atoms with van der Waals surface area (Å²) >= 11 is 6.09. The molecule has 6 heteroatoms. The molecule has 0 bridgehead atoms. The van der Waals surface area contributed by atoms with Gasteiger partial charge in [-0.3, -0.25) is 9.78 Å². The zero-order valence-electron chi connectivity index (χ0n) is 10.6. The van der Waals surface area contributed by atoms with E-state index in [2.05, 4.69) is 15.0 Å². The lowest BCUT2D eigenvalue weighted by Gasteiger charge is -2.20. The number of carbonyl (C=O) groups is 1. The van der Waals surface area contributed by atoms with E-state index in [0.29, 0.717) is 35.8 Å². The monoisotopic (exact) mass is 289 g/mol. The highest BCUT2D eigenvalue weighted by atomic mass is 35.5. The normalized spacial score (nSPS) is 17.6. The van der Waals surface area contributed by atoms with Crippen LogP contribution in [0, 0.1) is 5.92 Å². The van der Waals surface area contributed by atoms with Crippen LogP contribution in [0.1, 0.15) is 17.7 Å². The fourth-order valence-electron chi connectivity index (χ4n) is 2.38. The molecule has 3 rings (SSSR count). The molecule has 0 saturated heterocycles. The molecule has 1 unspecified atom stereocenters. The molecule has 0 aromatic carbocycles. The molecule has 5 nitrogen and oxygen atoms in total. The number of rotatable bonds is 2. The van der Waals surface area contributed by atoms with Gasteiger partial charge in [0.05, 0.1) is 10.9 Å². The number of aliphatic carboxylic acids is 1. The molecular formula is C14H12ClN3O2. The van der Waals surface area contributed by atoms with E-state index in [-0.39, 0.29) is 5.92 Å². The van der Waals surface area contributed by atoms with Crippen LogP contribution in [-0.2, 0) is 17.6 Å². The van der Waals surface area contributed by atoms with Crippen molar-refractivity contribution < 1.29 is 9.90 Å². The Morgan fingerprint density at radius 3 is 3.00 bits per heavy atom. The van der Waals surface area contributed by atoms with Gasteiger partial charge in [-0.15, -0.1) is 0 Å². The Morgan fingerprint density at radius 2 is 2.25 bits per heavy atom. The minimum atomic E-state index is -0.757. The van der Waals surface area contributed by atoms with Crippen molar-refractivity contribution in [3.63, 3.8) is 0 Å². The quantitative estimate of drug-likeness (QED) is 0.918. The predicted octanol–water partition coefficient (Wildman–Crippen LogP) is 2.38. The van der Waals surface area contributed by atoms with Gasteiger partial charge in [0.15, 0.2) is 5.82 Å². The molecule has 0 amide bonds. The van der Waals surface area contributed by atoms with Crippen molar-refractivity contribution in [1.29, 1.82) is 0 Å². The van der Waals surface area contributed by atoms with Crippen LogP contribution in [0.2, 0.25) is 5.02 Å². The Bertz CT molecular complexity index is 675. The van der Waals surface area contributed by atoms with Crippen molar-refractivity contribution >= 4 is 17.6 Å². The van der Waals surface area contributed by atoms with Gasteiger partial charge in [-0.2, -0.15) is 0 Å². The van der Waals surface area contributed by atoms with E-state index in [0.717, 1.165) is 11.3 Å². The molecule has 0 fully saturated rings. The Morgan fingerprint density at radius 1 is 1.40 bits per heavy atom. The van der Waals surface area contributed by atoms with Gasteiger partial charge < -0.3 is 5.11 Å². The number of pyridine rings is 1. The van der Waals surface area contributed by atoms with E-state index in [4.69, 9.17) is 16.7 Å². The number of aromatic nitrogens is 3. The molecule has 0 saturated carbocycles. The molecule has 1 aliphatic rings. The Labute approximate surface area is 120 Å². The fourth-order valence-corrected chi connectivity index (χ4v) is 2.59. The van der Waals surface area contributed by atoms with Crippen LogP contribution >= 0.6 is 11.6 Å². The third-order valence-corrected chi connectivity index (χ3v) is 3.77. The van der Waals surface area contributed by atoms with Crippen molar-refractivity contribution in [3.05, 3.63) is 40.8 Å². The summed E-state index contributed by atoms with van der Waals surface area (Å²) in [4.78, 5) is 24.0. The van der Waals surface area contributed by atoms with Gasteiger partial charge in [-0.05, 0) is 37.0 Å². The van der Waals surface area contributed by atoms with Gasteiger partial charge in [0, 0.05) is 18.1 Å². The average Bonchev–Trinajstić information content (AvgIpc) is 2.46. The molecule has 20 heavy (non-hydrogen) atoms. The van der Waals surface area contributed by atoms with Gasteiger partial charge in [-0.1, -0.05) is 11.6 Å². The summed E-state index contributed by atoms with van der Waals surface area (Å²) in [6.07, 6.45) is 5.07. The summed E-state index contributed by atoms with van der Waals surface area (Å²) in [5.74, 6) is -0.606. The summed E-state index contributed by atoms with van der Waals surface area (Å²) in [5, 5.41) is 9.57. The van der Waals surface area contributed by atoms with Crippen LogP contribution in [-0.4, -0.2) is 26.0 Å². The van der Waals surface area contributed by atoms with Gasteiger partial charge >= 0.3 is 5.97 Å². The zero-order chi connectivity index (χ0) is 14.1. The number of fused-ring (bicyclic) bond motifs is 1. The number of carboxylic acid groups (broad SMARTS) is 1. The topological polar surface area (TPSA) is 76.0 Å². The van der Waals surface area contributed by atoms with Gasteiger partial charge in [0.1, 0.15) is 5.69 Å². The first-order chi connectivity index (χ1) is 9.65. The molecule has 0 spiro atoms. The van der Waals surface area contributed by atoms with Crippen LogP contribution in [0.15, 0.2) is 24.5 Å². The predicted molar refractivity (Wildman–Crippen MR) is 73.4 cm³/mol. The van der Waals surface area contributed by atoms with Crippen molar-refractivity contribution in [2.45, 2.75) is 19.3 Å². The van der Waals surface area contributed by atoms with Crippen molar-refractivity contribution in [2.24, 2.45) is 5.92 Å². The Balaban J connectivity index is 1.96. The van der Waals surface area contributed by atoms with Crippen molar-refractivity contribution in [1.82, 2.24) is 15.0 Å². The number of hydrogen-bond acceptors (Lipinski definition) is 4. The molecule has 1 aliphatic carbocycles. The van der Waals surface area contributed by atoms with Crippen molar-refractivity contribution in [3.8, 4) is 11.5 Å². The summed E-state index contributed by atoms with van der Waals surface area (Å²) in [5.41, 5.74) is 2.35. The maximum absolute atomic E-state index is 11.0. The van der Waals surface area contributed by atoms with E-state index in [9.17, 15) is 4.79 Å². The molecule has 102 valence electrons. The Kier molecular flexibility index (Phi) is 3.36. The van der Waals surface area contributed by atoms with E-state index in [1.807, 2.05) is 0 Å². The standard InChI is InChI=1S/C14H12ClN3O2/c15-10-2-1-5-16-12(10)13-17-7-9-6-8(14(19)20)3-4-11(9)18-13/h1-2,5,7-8H,3-4,6H2,(H,19,20). The highest BCUT2D eigenvalue weighted by molar-refractivity contribution is 6.32. The second-order valence-corrected chi connectivity index (χ2v) is 5.18. The van der Waals surface area contributed by atoms with Crippen LogP contribution in [0.4, 0.5) is 0 Å². The minimum Gasteiger partial charge on any atom is -0.481 e. The minimum absolute atomic E-state index is 0.338. The third kappa shape index (κ3) is 2.36. The summed E-state index contributed by atoms with van der Waals surface area (Å²) in [6.45, 7) is 0. The lowest BCUT2D eigenvalue weighted by Crippen LogP contribution is -2.23. The zero-order valence-corrected chi connectivity index (χ0v) is 11.3. The van der Waals surface area contributed by atoms with Crippen molar-refractivity contribution in [2.75, 3.05) is 0 Å². The molecule has 0 radical (unpaired) electrons. The second-order valence-electron chi connectivity index (χ2n) is 4.78. The number of nitrogens with zero attached hydrogens (tertiary/aromatic N) is 3. The molecule has 1 atom stereocenters. The van der Waals surface area contributed by atoms with E-state index in [1.54, 1.807) is 24.5 Å². The first kappa shape index (κ1) is 13.0. The lowest BCUT2D eigenvalue weighted by atomic mass is 9.87. The summed E-state index contributed by atoms with van der Waals surface area (Å²) < 4.78 is 0. The number of halogens is 1. The van der Waals surface area contributed by atoms with Crippen LogP contribution in [0.5, 0.6) is 0 Å². The van der Waals surface area contributed by atoms with E-state index in [1.165, 1.54) is 0 Å². The molecule has 2 heterocycles. The molecular weight excluding hydrogens is 278 g/mol. The average molecular weight is 290 g/mol. The highest BCUT2D eigenvalue weighted by Gasteiger charge is 2.25. The fraction of sp³-hybridized carbons (Fsp3) is 0.286. The molecule has 0 aliphatic heterocycles. The lowest BCUT2D eigenvalue weighted by molar-refractivity contribution is -0.142. The maximum atomic E-state index is 11.0. The third-order valence-electron chi connectivity index (χ3n) is 3.47. The van der Waals surface area contributed by atoms with E-state index >= 15 is 0 Å². The van der Waals surface area contributed by atoms with E-state index < -0.39 is 5.97 Å². The summed E-state index contributed by atoms with van der Waals surface area (Å²) in [7, 11) is 0. The number of carboxylic acids is 1. The van der Waals surface area contributed by atoms with Gasteiger partial charge in [-0.25, -0.2) is 9.97 Å². The molecule has 1 N–H and O–H groups in total. The van der Waals surface area contributed by atoms with Crippen LogP contribution in [0.3, 0.4) is 0 Å². The first-order valence-corrected chi connectivity index (χ1v) is 6.71. The SMILES string of the molecule is O=C(O)C1CCc2nc(-c3ncccc3Cl)ncc2C1. The summed E-state index contributed by atoms with van der Waals surface area (Å²) in [6, 6.07) is 3.49. The molecule has 2 aromatic rings. The second kappa shape index (κ2) is 5.17. The first-order valence-electron chi connectivity index (χ1n) is 6.33. The largest absolute Gasteiger partial charge is 0.481 e. The Hall–Kier alpha value is -2.01. The maximum Gasteiger partial charge on any atom is 0.306 e. The molecule has 2 aromatic heterocycles.